The third kappa shape index (κ3) is 8.83. The molecule has 0 heterocycles. The van der Waals surface area contributed by atoms with Gasteiger partial charge in [-0.15, -0.1) is 0 Å². The van der Waals surface area contributed by atoms with Crippen molar-refractivity contribution in [1.29, 1.82) is 0 Å². The van der Waals surface area contributed by atoms with Gasteiger partial charge in [0.15, 0.2) is 0 Å². The maximum atomic E-state index is 5.41. The van der Waals surface area contributed by atoms with Crippen LogP contribution in [0.2, 0.25) is 0 Å². The van der Waals surface area contributed by atoms with Gasteiger partial charge < -0.3 is 9.64 Å². The van der Waals surface area contributed by atoms with Crippen molar-refractivity contribution in [3.05, 3.63) is 21.8 Å². The minimum Gasteiger partial charge on any atom is -0.496 e. The van der Waals surface area contributed by atoms with Crippen molar-refractivity contribution in [2.24, 2.45) is 0 Å². The van der Waals surface area contributed by atoms with E-state index in [0.29, 0.717) is 0 Å². The van der Waals surface area contributed by atoms with E-state index in [-0.39, 0.29) is 0 Å². The summed E-state index contributed by atoms with van der Waals surface area (Å²) in [5, 5.41) is 0. The van der Waals surface area contributed by atoms with E-state index < -0.39 is 0 Å². The van der Waals surface area contributed by atoms with Crippen LogP contribution in [0.15, 0.2) is 18.2 Å². The summed E-state index contributed by atoms with van der Waals surface area (Å²) in [5.74, 6) is 0.970. The molecule has 0 atom stereocenters. The zero-order chi connectivity index (χ0) is 16.9. The number of benzene rings is 1. The Kier molecular flexibility index (Phi) is 11.6. The maximum Gasteiger partial charge on any atom is 0.134 e. The zero-order valence-electron chi connectivity index (χ0n) is 15.2. The highest BCUT2D eigenvalue weighted by molar-refractivity contribution is 14.1. The molecule has 0 bridgehead atoms. The minimum absolute atomic E-state index is 0.970. The molecule has 0 radical (unpaired) electrons. The Bertz CT molecular complexity index is 422. The van der Waals surface area contributed by atoms with Gasteiger partial charge in [0, 0.05) is 25.3 Å². The van der Waals surface area contributed by atoms with Gasteiger partial charge in [-0.2, -0.15) is 0 Å². The minimum atomic E-state index is 0.970. The fourth-order valence-electron chi connectivity index (χ4n) is 2.85. The monoisotopic (exact) mass is 431 g/mol. The molecule has 3 heteroatoms. The Hall–Kier alpha value is -0.450. The summed E-state index contributed by atoms with van der Waals surface area (Å²) in [6.45, 7) is 3.41. The summed E-state index contributed by atoms with van der Waals surface area (Å²) in [6.07, 6.45) is 13.9. The fraction of sp³-hybridized carbons (Fsp3) is 0.700. The van der Waals surface area contributed by atoms with Crippen LogP contribution in [0.1, 0.15) is 71.1 Å². The Balaban J connectivity index is 2.09. The molecule has 0 N–H and O–H groups in total. The lowest BCUT2D eigenvalue weighted by Gasteiger charge is -2.20. The number of rotatable bonds is 13. The van der Waals surface area contributed by atoms with Crippen molar-refractivity contribution in [3.63, 3.8) is 0 Å². The molecule has 1 rings (SSSR count). The van der Waals surface area contributed by atoms with E-state index in [0.717, 1.165) is 12.3 Å². The van der Waals surface area contributed by atoms with Crippen LogP contribution in [0.3, 0.4) is 0 Å². The fourth-order valence-corrected chi connectivity index (χ4v) is 3.41. The Labute approximate surface area is 157 Å². The molecule has 0 fully saturated rings. The number of unbranched alkanes of at least 4 members (excludes halogenated alkanes) is 9. The molecule has 0 aliphatic rings. The van der Waals surface area contributed by atoms with Crippen LogP contribution in [0.25, 0.3) is 0 Å². The zero-order valence-corrected chi connectivity index (χ0v) is 17.4. The van der Waals surface area contributed by atoms with E-state index in [4.69, 9.17) is 4.74 Å². The first kappa shape index (κ1) is 20.6. The van der Waals surface area contributed by atoms with Crippen LogP contribution in [0, 0.1) is 3.57 Å². The van der Waals surface area contributed by atoms with Gasteiger partial charge >= 0.3 is 0 Å². The summed E-state index contributed by atoms with van der Waals surface area (Å²) in [7, 11) is 3.92. The largest absolute Gasteiger partial charge is 0.496 e. The third-order valence-electron chi connectivity index (χ3n) is 4.42. The molecule has 132 valence electrons. The summed E-state index contributed by atoms with van der Waals surface area (Å²) < 4.78 is 6.57. The highest BCUT2D eigenvalue weighted by Crippen LogP contribution is 2.26. The summed E-state index contributed by atoms with van der Waals surface area (Å²) in [4.78, 5) is 2.34. The van der Waals surface area contributed by atoms with Crippen LogP contribution in [-0.4, -0.2) is 20.7 Å². The predicted octanol–water partition coefficient (Wildman–Crippen LogP) is 6.66. The molecule has 0 unspecified atom stereocenters. The van der Waals surface area contributed by atoms with E-state index in [1.165, 1.54) is 73.5 Å². The molecule has 0 aliphatic heterocycles. The molecular weight excluding hydrogens is 397 g/mol. The van der Waals surface area contributed by atoms with Crippen LogP contribution < -0.4 is 9.64 Å². The highest BCUT2D eigenvalue weighted by atomic mass is 127. The summed E-state index contributed by atoms with van der Waals surface area (Å²) >= 11 is 2.31. The molecular formula is C20H34INO. The first-order chi connectivity index (χ1) is 11.2. The van der Waals surface area contributed by atoms with Crippen molar-refractivity contribution < 1.29 is 4.74 Å². The second kappa shape index (κ2) is 12.9. The second-order valence-corrected chi connectivity index (χ2v) is 7.58. The van der Waals surface area contributed by atoms with E-state index in [9.17, 15) is 0 Å². The first-order valence-electron chi connectivity index (χ1n) is 9.23. The molecule has 0 aliphatic carbocycles. The topological polar surface area (TPSA) is 12.5 Å². The van der Waals surface area contributed by atoms with Crippen LogP contribution in [0.4, 0.5) is 5.69 Å². The lowest BCUT2D eigenvalue weighted by Crippen LogP contribution is -2.18. The number of methoxy groups -OCH3 is 1. The number of ether oxygens (including phenoxy) is 1. The van der Waals surface area contributed by atoms with Crippen LogP contribution in [0.5, 0.6) is 5.75 Å². The smallest absolute Gasteiger partial charge is 0.134 e. The summed E-state index contributed by atoms with van der Waals surface area (Å²) in [5.41, 5.74) is 1.25. The molecule has 0 aromatic heterocycles. The molecule has 1 aromatic rings. The van der Waals surface area contributed by atoms with Gasteiger partial charge in [-0.25, -0.2) is 0 Å². The van der Waals surface area contributed by atoms with Crippen LogP contribution >= 0.6 is 22.6 Å². The average Bonchev–Trinajstić information content (AvgIpc) is 2.56. The molecule has 0 amide bonds. The van der Waals surface area contributed by atoms with Gasteiger partial charge in [0.1, 0.15) is 5.75 Å². The molecule has 2 nitrogen and oxygen atoms in total. The number of anilines is 1. The lowest BCUT2D eigenvalue weighted by atomic mass is 10.1. The van der Waals surface area contributed by atoms with Gasteiger partial charge in [0.05, 0.1) is 10.7 Å². The quantitative estimate of drug-likeness (QED) is 0.256. The molecule has 1 aromatic carbocycles. The van der Waals surface area contributed by atoms with Crippen molar-refractivity contribution in [2.75, 3.05) is 25.6 Å². The predicted molar refractivity (Wildman–Crippen MR) is 111 cm³/mol. The van der Waals surface area contributed by atoms with Crippen molar-refractivity contribution in [2.45, 2.75) is 71.1 Å². The van der Waals surface area contributed by atoms with E-state index >= 15 is 0 Å². The van der Waals surface area contributed by atoms with Crippen LogP contribution in [-0.2, 0) is 0 Å². The normalized spacial score (nSPS) is 10.8. The van der Waals surface area contributed by atoms with Crippen molar-refractivity contribution in [1.82, 2.24) is 0 Å². The van der Waals surface area contributed by atoms with E-state index in [1.54, 1.807) is 7.11 Å². The van der Waals surface area contributed by atoms with Crippen molar-refractivity contribution in [3.8, 4) is 5.75 Å². The number of nitrogens with zero attached hydrogens (tertiary/aromatic N) is 1. The Morgan fingerprint density at radius 1 is 0.913 bits per heavy atom. The lowest BCUT2D eigenvalue weighted by molar-refractivity contribution is 0.412. The first-order valence-corrected chi connectivity index (χ1v) is 10.3. The van der Waals surface area contributed by atoms with Gasteiger partial charge in [0.2, 0.25) is 0 Å². The Morgan fingerprint density at radius 2 is 1.48 bits per heavy atom. The number of halogens is 1. The molecule has 0 saturated carbocycles. The van der Waals surface area contributed by atoms with Gasteiger partial charge in [0.25, 0.3) is 0 Å². The highest BCUT2D eigenvalue weighted by Gasteiger charge is 2.05. The third-order valence-corrected chi connectivity index (χ3v) is 5.31. The van der Waals surface area contributed by atoms with Gasteiger partial charge in [-0.1, -0.05) is 64.7 Å². The van der Waals surface area contributed by atoms with E-state index in [1.807, 2.05) is 0 Å². The molecule has 23 heavy (non-hydrogen) atoms. The molecule has 0 saturated heterocycles. The van der Waals surface area contributed by atoms with Crippen molar-refractivity contribution >= 4 is 28.3 Å². The second-order valence-electron chi connectivity index (χ2n) is 6.42. The SMILES string of the molecule is CCCCCCCCCCCCN(C)c1ccc(I)c(OC)c1. The summed E-state index contributed by atoms with van der Waals surface area (Å²) in [6, 6.07) is 6.45. The Morgan fingerprint density at radius 3 is 2.04 bits per heavy atom. The standard InChI is InChI=1S/C20H34INO/c1-4-5-6-7-8-9-10-11-12-13-16-22(2)18-14-15-19(21)20(17-18)23-3/h14-15,17H,4-13,16H2,1-3H3. The van der Waals surface area contributed by atoms with Gasteiger partial charge in [-0.3, -0.25) is 0 Å². The number of hydrogen-bond donors (Lipinski definition) is 0. The maximum absolute atomic E-state index is 5.41. The molecule has 0 spiro atoms. The van der Waals surface area contributed by atoms with Gasteiger partial charge in [-0.05, 0) is 41.1 Å². The number of hydrogen-bond acceptors (Lipinski definition) is 2. The average molecular weight is 431 g/mol. The van der Waals surface area contributed by atoms with E-state index in [2.05, 4.69) is 59.7 Å².